The van der Waals surface area contributed by atoms with Crippen molar-refractivity contribution in [2.75, 3.05) is 11.9 Å². The van der Waals surface area contributed by atoms with Gasteiger partial charge in [0.2, 0.25) is 0 Å². The summed E-state index contributed by atoms with van der Waals surface area (Å²) < 4.78 is 133. The van der Waals surface area contributed by atoms with Crippen LogP contribution in [0, 0.1) is 20.8 Å². The average molecular weight is 1060 g/mol. The highest BCUT2D eigenvalue weighted by Gasteiger charge is 2.55. The number of alkyl halides is 9. The van der Waals surface area contributed by atoms with Crippen LogP contribution in [0.25, 0.3) is 22.3 Å². The van der Waals surface area contributed by atoms with Crippen molar-refractivity contribution in [3.63, 3.8) is 0 Å². The fourth-order valence-electron chi connectivity index (χ4n) is 9.93. The second-order valence-corrected chi connectivity index (χ2v) is 19.1. The SMILES string of the molecule is Cc1ccc(-c2ccc(CC(=O)c3ccc(C(=O)Cc4ccc(-c5ccc(N6C(=O)c7ccc(C(C)(c8ccc9c(c8)C(=O)N(C)C9=O)C(F)(F)F)cc7C6=O)cc5C(F)(F)F)c(C)c4)cc3)cc2C(F)(F)F)c(C)c1.F. The maximum Gasteiger partial charge on any atom is 0.417 e. The van der Waals surface area contributed by atoms with Crippen LogP contribution in [0.1, 0.15) is 119 Å². The van der Waals surface area contributed by atoms with Crippen molar-refractivity contribution < 1.29 is 73.0 Å². The van der Waals surface area contributed by atoms with E-state index >= 15 is 13.2 Å². The van der Waals surface area contributed by atoms with Crippen molar-refractivity contribution in [2.45, 2.75) is 64.5 Å². The maximum atomic E-state index is 15.1. The lowest BCUT2D eigenvalue weighted by Gasteiger charge is -2.33. The lowest BCUT2D eigenvalue weighted by atomic mass is 9.74. The summed E-state index contributed by atoms with van der Waals surface area (Å²) >= 11 is 0. The van der Waals surface area contributed by atoms with E-state index in [1.165, 1.54) is 68.6 Å². The van der Waals surface area contributed by atoms with Gasteiger partial charge in [0, 0.05) is 31.0 Å². The van der Waals surface area contributed by atoms with Gasteiger partial charge in [0.25, 0.3) is 23.6 Å². The lowest BCUT2D eigenvalue weighted by Crippen LogP contribution is -2.41. The Kier molecular flexibility index (Phi) is 13.9. The Morgan fingerprint density at radius 2 is 0.844 bits per heavy atom. The number of hydrogen-bond acceptors (Lipinski definition) is 6. The van der Waals surface area contributed by atoms with E-state index in [1.807, 2.05) is 6.92 Å². The van der Waals surface area contributed by atoms with Crippen molar-refractivity contribution in [1.82, 2.24) is 4.90 Å². The molecule has 4 amide bonds. The summed E-state index contributed by atoms with van der Waals surface area (Å²) in [4.78, 5) is 80.7. The Labute approximate surface area is 433 Å². The molecule has 7 aromatic rings. The van der Waals surface area contributed by atoms with Crippen LogP contribution < -0.4 is 4.90 Å². The fraction of sp³-hybridized carbons (Fsp3) is 0.186. The first-order valence-electron chi connectivity index (χ1n) is 23.4. The van der Waals surface area contributed by atoms with Gasteiger partial charge in [0.15, 0.2) is 11.6 Å². The number of hydrogen-bond donors (Lipinski definition) is 0. The molecule has 394 valence electrons. The van der Waals surface area contributed by atoms with Gasteiger partial charge in [-0.1, -0.05) is 96.6 Å². The molecule has 0 saturated heterocycles. The number of benzene rings is 7. The molecule has 2 aliphatic rings. The van der Waals surface area contributed by atoms with E-state index in [-0.39, 0.29) is 67.6 Å². The molecule has 0 radical (unpaired) electrons. The Hall–Kier alpha value is -8.54. The Balaban J connectivity index is 0.00000784. The highest BCUT2D eigenvalue weighted by molar-refractivity contribution is 6.34. The third-order valence-corrected chi connectivity index (χ3v) is 14.2. The molecule has 1 unspecified atom stereocenters. The smallest absolute Gasteiger partial charge is 0.294 e. The number of imide groups is 2. The molecule has 18 heteroatoms. The molecule has 0 aromatic heterocycles. The second-order valence-electron chi connectivity index (χ2n) is 19.1. The monoisotopic (exact) mass is 1060 g/mol. The predicted molar refractivity (Wildman–Crippen MR) is 266 cm³/mol. The van der Waals surface area contributed by atoms with Crippen LogP contribution in [0.3, 0.4) is 0 Å². The van der Waals surface area contributed by atoms with Gasteiger partial charge in [-0.2, -0.15) is 39.5 Å². The number of anilines is 1. The molecule has 0 spiro atoms. The second kappa shape index (κ2) is 19.5. The first-order valence-corrected chi connectivity index (χ1v) is 23.4. The number of carbonyl (C=O) groups excluding carboxylic acids is 6. The number of rotatable bonds is 11. The number of Topliss-reactive ketones (excluding diaryl/α,β-unsaturated/α-hetero) is 2. The van der Waals surface area contributed by atoms with Gasteiger partial charge in [0.1, 0.15) is 5.41 Å². The molecular weight excluding hydrogens is 1020 g/mol. The number of nitrogens with zero attached hydrogens (tertiary/aromatic N) is 2. The van der Waals surface area contributed by atoms with Gasteiger partial charge in [-0.05, 0) is 126 Å². The number of aryl methyl sites for hydroxylation is 3. The van der Waals surface area contributed by atoms with Crippen molar-refractivity contribution in [3.8, 4) is 22.3 Å². The van der Waals surface area contributed by atoms with Crippen molar-refractivity contribution >= 4 is 40.9 Å². The Morgan fingerprint density at radius 3 is 1.34 bits per heavy atom. The number of amides is 4. The number of carbonyl (C=O) groups is 6. The van der Waals surface area contributed by atoms with E-state index in [1.54, 1.807) is 25.1 Å². The van der Waals surface area contributed by atoms with E-state index in [2.05, 4.69) is 0 Å². The van der Waals surface area contributed by atoms with Crippen LogP contribution in [0.2, 0.25) is 0 Å². The molecule has 0 bridgehead atoms. The normalized spacial score (nSPS) is 14.4. The van der Waals surface area contributed by atoms with Crippen LogP contribution in [0.15, 0.2) is 133 Å². The van der Waals surface area contributed by atoms with Gasteiger partial charge < -0.3 is 0 Å². The molecule has 8 nitrogen and oxygen atoms in total. The predicted octanol–water partition coefficient (Wildman–Crippen LogP) is 13.9. The molecule has 0 saturated carbocycles. The van der Waals surface area contributed by atoms with Gasteiger partial charge in [-0.25, -0.2) is 4.90 Å². The zero-order valence-corrected chi connectivity index (χ0v) is 41.3. The summed E-state index contributed by atoms with van der Waals surface area (Å²) in [6, 6.07) is 27.4. The van der Waals surface area contributed by atoms with Crippen molar-refractivity contribution in [3.05, 3.63) is 217 Å². The average Bonchev–Trinajstić information content (AvgIpc) is 3.74. The topological polar surface area (TPSA) is 109 Å². The van der Waals surface area contributed by atoms with Crippen LogP contribution in [-0.4, -0.2) is 53.3 Å². The van der Waals surface area contributed by atoms with E-state index in [9.17, 15) is 55.1 Å². The number of fused-ring (bicyclic) bond motifs is 2. The molecule has 0 aliphatic carbocycles. The largest absolute Gasteiger partial charge is 0.417 e. The third kappa shape index (κ3) is 9.72. The summed E-state index contributed by atoms with van der Waals surface area (Å²) in [5.41, 5.74) is -4.85. The van der Waals surface area contributed by atoms with Crippen LogP contribution in [0.5, 0.6) is 0 Å². The van der Waals surface area contributed by atoms with Crippen molar-refractivity contribution in [2.24, 2.45) is 0 Å². The maximum absolute atomic E-state index is 15.1. The van der Waals surface area contributed by atoms with Gasteiger partial charge in [0.05, 0.1) is 39.1 Å². The van der Waals surface area contributed by atoms with E-state index in [4.69, 9.17) is 0 Å². The van der Waals surface area contributed by atoms with Crippen LogP contribution in [0.4, 0.5) is 49.9 Å². The Morgan fingerprint density at radius 1 is 0.442 bits per heavy atom. The molecule has 77 heavy (non-hydrogen) atoms. The highest BCUT2D eigenvalue weighted by atomic mass is 19.4. The summed E-state index contributed by atoms with van der Waals surface area (Å²) in [7, 11) is 1.18. The quantitative estimate of drug-likeness (QED) is 0.0725. The van der Waals surface area contributed by atoms with E-state index < -0.39 is 92.6 Å². The number of ketones is 2. The lowest BCUT2D eigenvalue weighted by molar-refractivity contribution is -0.173. The molecule has 0 fully saturated rings. The van der Waals surface area contributed by atoms with Gasteiger partial charge in [-0.15, -0.1) is 0 Å². The Bertz CT molecular complexity index is 3650. The summed E-state index contributed by atoms with van der Waals surface area (Å²) in [5, 5.41) is 0. The fourth-order valence-corrected chi connectivity index (χ4v) is 9.93. The van der Waals surface area contributed by atoms with Crippen LogP contribution >= 0.6 is 0 Å². The van der Waals surface area contributed by atoms with E-state index in [0.29, 0.717) is 33.2 Å². The molecular formula is C59H42F10N2O6. The van der Waals surface area contributed by atoms with E-state index in [0.717, 1.165) is 72.0 Å². The minimum absolute atomic E-state index is 0. The summed E-state index contributed by atoms with van der Waals surface area (Å²) in [6.45, 7) is 5.87. The standard InChI is InChI=1S/C59H41F9N2O6.FH/c1-30-6-16-40(31(2)22-30)42-18-8-34(24-48(42)57(60,61)62)26-51(72)36-11-9-35(10-12-36)50(71)25-33-7-17-41(32(3)23-33)43-21-15-39(29-49(43)58(63,64)65)70-54(75)45-20-14-38(28-47(45)55(70)76)56(4,59(66,67)68)37-13-19-44-46(27-37)53(74)69(5)52(44)73;/h6-24,27-29H,25-26H2,1-5H3;1H. The first-order chi connectivity index (χ1) is 35.6. The molecule has 1 atom stereocenters. The van der Waals surface area contributed by atoms with Gasteiger partial charge >= 0.3 is 18.5 Å². The highest BCUT2D eigenvalue weighted by Crippen LogP contribution is 2.49. The molecule has 0 N–H and O–H groups in total. The van der Waals surface area contributed by atoms with Gasteiger partial charge in [-0.3, -0.25) is 38.4 Å². The molecule has 9 rings (SSSR count). The van der Waals surface area contributed by atoms with Crippen LogP contribution in [-0.2, 0) is 30.6 Å². The minimum Gasteiger partial charge on any atom is -0.294 e. The zero-order chi connectivity index (χ0) is 55.1. The molecule has 2 heterocycles. The summed E-state index contributed by atoms with van der Waals surface area (Å²) in [5.74, 6) is -4.70. The molecule has 2 aliphatic heterocycles. The summed E-state index contributed by atoms with van der Waals surface area (Å²) in [6.07, 6.45) is -15.4. The third-order valence-electron chi connectivity index (χ3n) is 14.2. The number of halogens is 10. The first kappa shape index (κ1) is 54.7. The van der Waals surface area contributed by atoms with Crippen molar-refractivity contribution in [1.29, 1.82) is 0 Å². The molecule has 7 aromatic carbocycles. The zero-order valence-electron chi connectivity index (χ0n) is 41.3. The minimum atomic E-state index is -5.07.